The largest absolute Gasteiger partial charge is 0.378 e. The second kappa shape index (κ2) is 8.11. The minimum atomic E-state index is 0.181. The molecule has 2 amide bonds. The van der Waals surface area contributed by atoms with Crippen LogP contribution in [-0.2, 0) is 16.0 Å². The molecule has 0 atom stereocenters. The smallest absolute Gasteiger partial charge is 0.222 e. The number of anilines is 1. The maximum atomic E-state index is 12.6. The molecule has 1 aromatic carbocycles. The van der Waals surface area contributed by atoms with E-state index in [9.17, 15) is 9.59 Å². The molecular weight excluding hydrogens is 326 g/mol. The maximum absolute atomic E-state index is 12.6. The second-order valence-electron chi connectivity index (χ2n) is 8.04. The third-order valence-electron chi connectivity index (χ3n) is 6.12. The lowest BCUT2D eigenvalue weighted by Crippen LogP contribution is -2.43. The fourth-order valence-corrected chi connectivity index (χ4v) is 4.16. The van der Waals surface area contributed by atoms with Gasteiger partial charge in [0.15, 0.2) is 0 Å². The molecule has 0 aliphatic carbocycles. The van der Waals surface area contributed by atoms with Crippen molar-refractivity contribution in [1.82, 2.24) is 10.2 Å². The van der Waals surface area contributed by atoms with Crippen LogP contribution in [0, 0.1) is 5.41 Å². The van der Waals surface area contributed by atoms with Gasteiger partial charge in [-0.2, -0.15) is 0 Å². The Labute approximate surface area is 156 Å². The van der Waals surface area contributed by atoms with E-state index in [2.05, 4.69) is 34.5 Å². The van der Waals surface area contributed by atoms with Crippen molar-refractivity contribution in [2.75, 3.05) is 38.6 Å². The summed E-state index contributed by atoms with van der Waals surface area (Å²) in [4.78, 5) is 28.3. The summed E-state index contributed by atoms with van der Waals surface area (Å²) in [6, 6.07) is 8.43. The van der Waals surface area contributed by atoms with Gasteiger partial charge in [-0.25, -0.2) is 0 Å². The predicted molar refractivity (Wildman–Crippen MR) is 104 cm³/mol. The van der Waals surface area contributed by atoms with Gasteiger partial charge in [-0.05, 0) is 55.2 Å². The van der Waals surface area contributed by atoms with Gasteiger partial charge < -0.3 is 15.1 Å². The molecule has 2 heterocycles. The number of hydrogen-bond donors (Lipinski definition) is 1. The summed E-state index contributed by atoms with van der Waals surface area (Å²) < 4.78 is 0. The molecule has 1 spiro atoms. The van der Waals surface area contributed by atoms with E-state index in [1.165, 1.54) is 11.3 Å². The summed E-state index contributed by atoms with van der Waals surface area (Å²) in [7, 11) is 4.06. The maximum Gasteiger partial charge on any atom is 0.222 e. The van der Waals surface area contributed by atoms with E-state index in [1.54, 1.807) is 0 Å². The molecule has 2 aliphatic rings. The molecule has 0 unspecified atom stereocenters. The topological polar surface area (TPSA) is 52.7 Å². The Morgan fingerprint density at radius 2 is 1.81 bits per heavy atom. The van der Waals surface area contributed by atoms with Gasteiger partial charge in [-0.3, -0.25) is 9.59 Å². The van der Waals surface area contributed by atoms with Crippen molar-refractivity contribution in [3.05, 3.63) is 29.8 Å². The molecule has 1 N–H and O–H groups in total. The van der Waals surface area contributed by atoms with Gasteiger partial charge in [0.25, 0.3) is 0 Å². The number of benzene rings is 1. The van der Waals surface area contributed by atoms with E-state index >= 15 is 0 Å². The highest BCUT2D eigenvalue weighted by molar-refractivity contribution is 5.77. The Morgan fingerprint density at radius 1 is 1.12 bits per heavy atom. The molecule has 142 valence electrons. The lowest BCUT2D eigenvalue weighted by molar-refractivity contribution is -0.133. The van der Waals surface area contributed by atoms with Crippen LogP contribution in [0.2, 0.25) is 0 Å². The average Bonchev–Trinajstić information content (AvgIpc) is 2.82. The summed E-state index contributed by atoms with van der Waals surface area (Å²) in [5, 5.41) is 2.98. The van der Waals surface area contributed by atoms with Gasteiger partial charge in [-0.15, -0.1) is 0 Å². The van der Waals surface area contributed by atoms with Crippen molar-refractivity contribution < 1.29 is 9.59 Å². The molecular formula is C21H31N3O2. The van der Waals surface area contributed by atoms with Gasteiger partial charge in [0.2, 0.25) is 11.8 Å². The van der Waals surface area contributed by atoms with Crippen LogP contribution < -0.4 is 10.2 Å². The Kier molecular flexibility index (Phi) is 5.84. The highest BCUT2D eigenvalue weighted by atomic mass is 16.2. The van der Waals surface area contributed by atoms with Gasteiger partial charge in [0.1, 0.15) is 0 Å². The highest BCUT2D eigenvalue weighted by Gasteiger charge is 2.36. The van der Waals surface area contributed by atoms with Crippen LogP contribution in [-0.4, -0.2) is 50.4 Å². The van der Waals surface area contributed by atoms with Gasteiger partial charge in [0, 0.05) is 52.3 Å². The van der Waals surface area contributed by atoms with E-state index in [4.69, 9.17) is 0 Å². The molecule has 0 saturated carbocycles. The third-order valence-corrected chi connectivity index (χ3v) is 6.12. The first-order valence-electron chi connectivity index (χ1n) is 9.78. The van der Waals surface area contributed by atoms with Crippen LogP contribution in [0.25, 0.3) is 0 Å². The van der Waals surface area contributed by atoms with E-state index in [-0.39, 0.29) is 17.2 Å². The fraction of sp³-hybridized carbons (Fsp3) is 0.619. The molecule has 3 rings (SSSR count). The summed E-state index contributed by atoms with van der Waals surface area (Å²) >= 11 is 0. The highest BCUT2D eigenvalue weighted by Crippen LogP contribution is 2.40. The monoisotopic (exact) mass is 357 g/mol. The van der Waals surface area contributed by atoms with Crippen LogP contribution in [0.4, 0.5) is 5.69 Å². The summed E-state index contributed by atoms with van der Waals surface area (Å²) in [6.07, 6.45) is 6.10. The number of carbonyl (C=O) groups is 2. The standard InChI is InChI=1S/C21H31N3O2/c1-23(2)18-6-3-17(4-7-18)5-8-20(26)24-15-12-21(13-16-24)10-9-19(25)22-14-11-21/h3-4,6-7H,5,8-16H2,1-2H3,(H,22,25). The first-order valence-corrected chi connectivity index (χ1v) is 9.78. The number of amides is 2. The zero-order valence-electron chi connectivity index (χ0n) is 16.1. The molecule has 1 aromatic rings. The normalized spacial score (nSPS) is 19.8. The lowest BCUT2D eigenvalue weighted by Gasteiger charge is -2.41. The Morgan fingerprint density at radius 3 is 2.46 bits per heavy atom. The Hall–Kier alpha value is -2.04. The molecule has 2 fully saturated rings. The molecule has 5 nitrogen and oxygen atoms in total. The van der Waals surface area contributed by atoms with Crippen LogP contribution in [0.3, 0.4) is 0 Å². The third kappa shape index (κ3) is 4.57. The SMILES string of the molecule is CN(C)c1ccc(CCC(=O)N2CCC3(CCNC(=O)CC3)CC2)cc1. The number of rotatable bonds is 4. The summed E-state index contributed by atoms with van der Waals surface area (Å²) in [5.41, 5.74) is 2.65. The molecule has 5 heteroatoms. The van der Waals surface area contributed by atoms with E-state index in [0.29, 0.717) is 12.8 Å². The lowest BCUT2D eigenvalue weighted by atomic mass is 9.73. The van der Waals surface area contributed by atoms with Gasteiger partial charge in [0.05, 0.1) is 0 Å². The van der Waals surface area contributed by atoms with Crippen LogP contribution in [0.1, 0.15) is 44.1 Å². The van der Waals surface area contributed by atoms with E-state index < -0.39 is 0 Å². The second-order valence-corrected chi connectivity index (χ2v) is 8.04. The zero-order valence-corrected chi connectivity index (χ0v) is 16.1. The molecule has 2 saturated heterocycles. The first-order chi connectivity index (χ1) is 12.5. The molecule has 26 heavy (non-hydrogen) atoms. The van der Waals surface area contributed by atoms with E-state index in [1.807, 2.05) is 19.0 Å². The Bertz CT molecular complexity index is 631. The van der Waals surface area contributed by atoms with Crippen molar-refractivity contribution in [3.8, 4) is 0 Å². The first kappa shape index (κ1) is 18.7. The summed E-state index contributed by atoms with van der Waals surface area (Å²) in [5.74, 6) is 0.444. The Balaban J connectivity index is 1.47. The van der Waals surface area contributed by atoms with Crippen LogP contribution in [0.5, 0.6) is 0 Å². The number of nitrogens with zero attached hydrogens (tertiary/aromatic N) is 2. The van der Waals surface area contributed by atoms with Crippen LogP contribution in [0.15, 0.2) is 24.3 Å². The number of piperidine rings is 1. The quantitative estimate of drug-likeness (QED) is 0.901. The average molecular weight is 357 g/mol. The summed E-state index contributed by atoms with van der Waals surface area (Å²) in [6.45, 7) is 2.47. The van der Waals surface area contributed by atoms with Crippen molar-refractivity contribution in [1.29, 1.82) is 0 Å². The number of hydrogen-bond acceptors (Lipinski definition) is 3. The molecule has 0 radical (unpaired) electrons. The molecule has 2 aliphatic heterocycles. The zero-order chi connectivity index (χ0) is 18.6. The number of likely N-dealkylation sites (tertiary alicyclic amines) is 1. The van der Waals surface area contributed by atoms with Crippen molar-refractivity contribution in [2.45, 2.75) is 44.9 Å². The predicted octanol–water partition coefficient (Wildman–Crippen LogP) is 2.59. The van der Waals surface area contributed by atoms with Crippen molar-refractivity contribution in [3.63, 3.8) is 0 Å². The van der Waals surface area contributed by atoms with Crippen molar-refractivity contribution in [2.24, 2.45) is 5.41 Å². The molecule has 0 aromatic heterocycles. The number of aryl methyl sites for hydroxylation is 1. The number of carbonyl (C=O) groups excluding carboxylic acids is 2. The minimum Gasteiger partial charge on any atom is -0.378 e. The van der Waals surface area contributed by atoms with Gasteiger partial charge in [-0.1, -0.05) is 12.1 Å². The fourth-order valence-electron chi connectivity index (χ4n) is 4.16. The van der Waals surface area contributed by atoms with E-state index in [0.717, 1.165) is 51.7 Å². The van der Waals surface area contributed by atoms with Crippen molar-refractivity contribution >= 4 is 17.5 Å². The molecule has 0 bridgehead atoms. The minimum absolute atomic E-state index is 0.181. The van der Waals surface area contributed by atoms with Crippen LogP contribution >= 0.6 is 0 Å². The number of nitrogens with one attached hydrogen (secondary N) is 1. The van der Waals surface area contributed by atoms with Gasteiger partial charge >= 0.3 is 0 Å².